The maximum absolute atomic E-state index is 12.4. The van der Waals surface area contributed by atoms with Crippen LogP contribution in [-0.2, 0) is 0 Å². The van der Waals surface area contributed by atoms with Crippen molar-refractivity contribution in [2.45, 2.75) is 0 Å². The van der Waals surface area contributed by atoms with Crippen molar-refractivity contribution in [3.8, 4) is 22.0 Å². The fraction of sp³-hybridized carbons (Fsp3) is 0.0625. The zero-order chi connectivity index (χ0) is 16.9. The first-order valence-corrected chi connectivity index (χ1v) is 7.89. The van der Waals surface area contributed by atoms with Crippen molar-refractivity contribution in [3.63, 3.8) is 0 Å². The Kier molecular flexibility index (Phi) is 4.57. The van der Waals surface area contributed by atoms with Crippen LogP contribution in [0.1, 0.15) is 9.67 Å². The number of amides is 3. The molecular formula is C16H14N4O3S. The normalized spacial score (nSPS) is 10.2. The van der Waals surface area contributed by atoms with Crippen molar-refractivity contribution in [2.75, 3.05) is 7.05 Å². The second-order valence-electron chi connectivity index (χ2n) is 4.70. The zero-order valence-corrected chi connectivity index (χ0v) is 13.5. The van der Waals surface area contributed by atoms with Gasteiger partial charge in [-0.05, 0) is 12.1 Å². The minimum atomic E-state index is -0.514. The summed E-state index contributed by atoms with van der Waals surface area (Å²) in [6.07, 6.45) is 1.55. The molecule has 24 heavy (non-hydrogen) atoms. The van der Waals surface area contributed by atoms with E-state index >= 15 is 0 Å². The van der Waals surface area contributed by atoms with Crippen LogP contribution in [0.5, 0.6) is 0 Å². The highest BCUT2D eigenvalue weighted by Crippen LogP contribution is 2.33. The summed E-state index contributed by atoms with van der Waals surface area (Å²) in [5.74, 6) is 0.128. The number of nitrogens with zero attached hydrogens (tertiary/aromatic N) is 1. The van der Waals surface area contributed by atoms with Crippen molar-refractivity contribution in [3.05, 3.63) is 53.6 Å². The number of hydrogen-bond donors (Lipinski definition) is 3. The van der Waals surface area contributed by atoms with E-state index in [9.17, 15) is 9.59 Å². The fourth-order valence-corrected chi connectivity index (χ4v) is 2.96. The van der Waals surface area contributed by atoms with E-state index in [0.717, 1.165) is 5.56 Å². The van der Waals surface area contributed by atoms with E-state index in [1.54, 1.807) is 18.4 Å². The van der Waals surface area contributed by atoms with E-state index in [1.807, 2.05) is 30.3 Å². The molecule has 3 amide bonds. The minimum Gasteiger partial charge on any atom is -0.462 e. The molecule has 0 bridgehead atoms. The summed E-state index contributed by atoms with van der Waals surface area (Å²) >= 11 is 1.19. The molecule has 0 radical (unpaired) electrons. The number of hydrogen-bond acceptors (Lipinski definition) is 5. The summed E-state index contributed by atoms with van der Waals surface area (Å²) in [4.78, 5) is 28.6. The highest BCUT2D eigenvalue weighted by Gasteiger charge is 2.21. The lowest BCUT2D eigenvalue weighted by molar-refractivity contribution is 0.0941. The van der Waals surface area contributed by atoms with E-state index in [0.29, 0.717) is 21.3 Å². The number of thiazole rings is 1. The molecule has 3 rings (SSSR count). The number of urea groups is 1. The number of carbonyl (C=O) groups is 2. The van der Waals surface area contributed by atoms with Crippen LogP contribution in [0.15, 0.2) is 53.1 Å². The number of benzene rings is 1. The maximum Gasteiger partial charge on any atom is 0.333 e. The maximum atomic E-state index is 12.4. The number of carbonyl (C=O) groups excluding carboxylic acids is 2. The summed E-state index contributed by atoms with van der Waals surface area (Å²) in [5, 5.41) is 2.94. The van der Waals surface area contributed by atoms with Crippen molar-refractivity contribution in [2.24, 2.45) is 0 Å². The van der Waals surface area contributed by atoms with Gasteiger partial charge < -0.3 is 9.73 Å². The Morgan fingerprint density at radius 3 is 2.54 bits per heavy atom. The highest BCUT2D eigenvalue weighted by atomic mass is 32.1. The van der Waals surface area contributed by atoms with Gasteiger partial charge in [0.25, 0.3) is 5.91 Å². The Morgan fingerprint density at radius 2 is 1.88 bits per heavy atom. The van der Waals surface area contributed by atoms with Crippen LogP contribution in [0.25, 0.3) is 22.0 Å². The molecular weight excluding hydrogens is 328 g/mol. The van der Waals surface area contributed by atoms with Crippen LogP contribution < -0.4 is 16.2 Å². The van der Waals surface area contributed by atoms with Crippen LogP contribution in [0.4, 0.5) is 4.79 Å². The van der Waals surface area contributed by atoms with Crippen molar-refractivity contribution >= 4 is 23.3 Å². The molecule has 0 saturated heterocycles. The van der Waals surface area contributed by atoms with Crippen molar-refractivity contribution in [1.29, 1.82) is 0 Å². The van der Waals surface area contributed by atoms with Crippen LogP contribution in [0.3, 0.4) is 0 Å². The molecule has 8 heteroatoms. The largest absolute Gasteiger partial charge is 0.462 e. The Bertz CT molecular complexity index is 844. The molecule has 3 N–H and O–H groups in total. The van der Waals surface area contributed by atoms with E-state index in [-0.39, 0.29) is 0 Å². The lowest BCUT2D eigenvalue weighted by Crippen LogP contribution is -2.45. The van der Waals surface area contributed by atoms with Crippen molar-refractivity contribution in [1.82, 2.24) is 21.2 Å². The smallest absolute Gasteiger partial charge is 0.333 e. The number of rotatable bonds is 3. The molecule has 0 aliphatic heterocycles. The first kappa shape index (κ1) is 15.8. The quantitative estimate of drug-likeness (QED) is 0.638. The SMILES string of the molecule is CNC(=O)NNC(=O)c1sc(-c2ccco2)nc1-c1ccccc1. The molecule has 122 valence electrons. The average Bonchev–Trinajstić information content (AvgIpc) is 3.29. The van der Waals surface area contributed by atoms with Gasteiger partial charge >= 0.3 is 6.03 Å². The molecule has 2 heterocycles. The monoisotopic (exact) mass is 342 g/mol. The third kappa shape index (κ3) is 3.28. The summed E-state index contributed by atoms with van der Waals surface area (Å²) in [6, 6.07) is 12.4. The first-order valence-electron chi connectivity index (χ1n) is 7.07. The molecule has 0 saturated carbocycles. The topological polar surface area (TPSA) is 96.3 Å². The van der Waals surface area contributed by atoms with E-state index < -0.39 is 11.9 Å². The second kappa shape index (κ2) is 6.97. The van der Waals surface area contributed by atoms with Gasteiger partial charge in [-0.15, -0.1) is 11.3 Å². The molecule has 0 atom stereocenters. The van der Waals surface area contributed by atoms with Crippen LogP contribution in [0, 0.1) is 0 Å². The van der Waals surface area contributed by atoms with Crippen molar-refractivity contribution < 1.29 is 14.0 Å². The number of hydrazine groups is 1. The molecule has 3 aromatic rings. The standard InChI is InChI=1S/C16H14N4O3S/c1-17-16(22)20-19-14(21)13-12(10-6-3-2-4-7-10)18-15(24-13)11-8-5-9-23-11/h2-9H,1H3,(H,19,21)(H2,17,20,22). The van der Waals surface area contributed by atoms with Gasteiger partial charge in [0.05, 0.1) is 12.0 Å². The third-order valence-corrected chi connectivity index (χ3v) is 4.20. The fourth-order valence-electron chi connectivity index (χ4n) is 2.00. The molecule has 7 nitrogen and oxygen atoms in total. The Balaban J connectivity index is 1.97. The van der Waals surface area contributed by atoms with Gasteiger partial charge in [0.2, 0.25) is 0 Å². The Labute approximate surface area is 141 Å². The summed E-state index contributed by atoms with van der Waals surface area (Å²) in [6.45, 7) is 0. The van der Waals surface area contributed by atoms with Gasteiger partial charge in [0.15, 0.2) is 10.8 Å². The molecule has 1 aromatic carbocycles. The van der Waals surface area contributed by atoms with Gasteiger partial charge in [-0.1, -0.05) is 30.3 Å². The molecule has 0 fully saturated rings. The molecule has 0 unspecified atom stereocenters. The summed E-state index contributed by atoms with van der Waals surface area (Å²) in [7, 11) is 1.46. The zero-order valence-electron chi connectivity index (χ0n) is 12.7. The van der Waals surface area contributed by atoms with Crippen LogP contribution >= 0.6 is 11.3 Å². The highest BCUT2D eigenvalue weighted by molar-refractivity contribution is 7.17. The van der Waals surface area contributed by atoms with Gasteiger partial charge in [0.1, 0.15) is 4.88 Å². The van der Waals surface area contributed by atoms with E-state index in [1.165, 1.54) is 18.4 Å². The number of nitrogens with one attached hydrogen (secondary N) is 3. The number of aromatic nitrogens is 1. The predicted molar refractivity (Wildman–Crippen MR) is 90.3 cm³/mol. The number of furan rings is 1. The van der Waals surface area contributed by atoms with Gasteiger partial charge in [-0.3, -0.25) is 10.2 Å². The third-order valence-electron chi connectivity index (χ3n) is 3.13. The second-order valence-corrected chi connectivity index (χ2v) is 5.70. The van der Waals surface area contributed by atoms with E-state index in [4.69, 9.17) is 4.42 Å². The lowest BCUT2D eigenvalue weighted by Gasteiger charge is -2.06. The van der Waals surface area contributed by atoms with Gasteiger partial charge in [0, 0.05) is 12.6 Å². The van der Waals surface area contributed by atoms with E-state index in [2.05, 4.69) is 21.2 Å². The summed E-state index contributed by atoms with van der Waals surface area (Å²) in [5.41, 5.74) is 5.95. The van der Waals surface area contributed by atoms with Crippen LogP contribution in [-0.4, -0.2) is 24.0 Å². The molecule has 0 aliphatic rings. The lowest BCUT2D eigenvalue weighted by atomic mass is 10.1. The average molecular weight is 342 g/mol. The summed E-state index contributed by atoms with van der Waals surface area (Å²) < 4.78 is 5.36. The Morgan fingerprint density at radius 1 is 1.08 bits per heavy atom. The van der Waals surface area contributed by atoms with Gasteiger partial charge in [-0.25, -0.2) is 15.2 Å². The van der Waals surface area contributed by atoms with Gasteiger partial charge in [-0.2, -0.15) is 0 Å². The molecule has 2 aromatic heterocycles. The predicted octanol–water partition coefficient (Wildman–Crippen LogP) is 2.64. The first-order chi connectivity index (χ1) is 11.7. The molecule has 0 spiro atoms. The Hall–Kier alpha value is -3.13. The minimum absolute atomic E-state index is 0.379. The molecule has 0 aliphatic carbocycles. The van der Waals surface area contributed by atoms with Crippen LogP contribution in [0.2, 0.25) is 0 Å².